The Bertz CT molecular complexity index is 534. The van der Waals surface area contributed by atoms with E-state index in [4.69, 9.17) is 4.74 Å². The van der Waals surface area contributed by atoms with Gasteiger partial charge in [-0.2, -0.15) is 0 Å². The number of hydrogen-bond donors (Lipinski definition) is 2. The molecule has 1 fully saturated rings. The Hall–Kier alpha value is -1.36. The molecule has 1 aromatic rings. The van der Waals surface area contributed by atoms with E-state index in [0.717, 1.165) is 38.8 Å². The summed E-state index contributed by atoms with van der Waals surface area (Å²) >= 11 is 0. The number of ether oxygens (including phenoxy) is 1. The van der Waals surface area contributed by atoms with E-state index in [2.05, 4.69) is 0 Å². The first-order valence-electron chi connectivity index (χ1n) is 7.04. The second-order valence-electron chi connectivity index (χ2n) is 5.10. The standard InChI is InChI=1S/C14H20NO5P/c16-14(15-9-5-1-2-6-10-15)11-20-12-7-3-4-8-13(12)21(17,18)19/h3-4,7-8H,1-2,5-6,9-11H2,(H2,17,18,19). The zero-order chi connectivity index (χ0) is 15.3. The Morgan fingerprint density at radius 1 is 1.14 bits per heavy atom. The van der Waals surface area contributed by atoms with Crippen LogP contribution in [0.1, 0.15) is 25.7 Å². The fraction of sp³-hybridized carbons (Fsp3) is 0.500. The minimum absolute atomic E-state index is 0.0639. The largest absolute Gasteiger partial charge is 0.483 e. The molecular formula is C14H20NO5P. The van der Waals surface area contributed by atoms with E-state index in [1.165, 1.54) is 18.2 Å². The predicted octanol–water partition coefficient (Wildman–Crippen LogP) is 1.27. The van der Waals surface area contributed by atoms with Gasteiger partial charge in [0.15, 0.2) is 6.61 Å². The molecule has 21 heavy (non-hydrogen) atoms. The van der Waals surface area contributed by atoms with Gasteiger partial charge in [-0.25, -0.2) is 0 Å². The number of rotatable bonds is 4. The van der Waals surface area contributed by atoms with Crippen molar-refractivity contribution in [3.05, 3.63) is 24.3 Å². The van der Waals surface area contributed by atoms with Gasteiger partial charge in [0.2, 0.25) is 0 Å². The summed E-state index contributed by atoms with van der Waals surface area (Å²) in [5.74, 6) is -0.0774. The fourth-order valence-corrected chi connectivity index (χ4v) is 3.08. The molecule has 7 heteroatoms. The lowest BCUT2D eigenvalue weighted by molar-refractivity contribution is -0.133. The van der Waals surface area contributed by atoms with Crippen LogP contribution >= 0.6 is 7.60 Å². The highest BCUT2D eigenvalue weighted by Crippen LogP contribution is 2.37. The van der Waals surface area contributed by atoms with Crippen LogP contribution in [0.3, 0.4) is 0 Å². The number of likely N-dealkylation sites (tertiary alicyclic amines) is 1. The van der Waals surface area contributed by atoms with Gasteiger partial charge in [-0.15, -0.1) is 0 Å². The molecule has 1 aliphatic rings. The van der Waals surface area contributed by atoms with Crippen molar-refractivity contribution in [1.82, 2.24) is 4.90 Å². The molecule has 0 radical (unpaired) electrons. The molecule has 0 atom stereocenters. The second kappa shape index (κ2) is 7.07. The van der Waals surface area contributed by atoms with Crippen molar-refractivity contribution in [2.75, 3.05) is 19.7 Å². The first kappa shape index (κ1) is 16.0. The molecule has 1 aromatic carbocycles. The fourth-order valence-electron chi connectivity index (χ4n) is 2.37. The van der Waals surface area contributed by atoms with Crippen LogP contribution in [0, 0.1) is 0 Å². The minimum Gasteiger partial charge on any atom is -0.483 e. The van der Waals surface area contributed by atoms with Crippen LogP contribution in [0.15, 0.2) is 24.3 Å². The molecule has 0 saturated carbocycles. The lowest BCUT2D eigenvalue weighted by Gasteiger charge is -2.20. The molecule has 2 rings (SSSR count). The number of para-hydroxylation sites is 1. The Morgan fingerprint density at radius 3 is 2.38 bits per heavy atom. The van der Waals surface area contributed by atoms with Gasteiger partial charge in [0.1, 0.15) is 11.1 Å². The van der Waals surface area contributed by atoms with Gasteiger partial charge >= 0.3 is 7.60 Å². The van der Waals surface area contributed by atoms with Crippen molar-refractivity contribution in [3.63, 3.8) is 0 Å². The van der Waals surface area contributed by atoms with Gasteiger partial charge in [0.05, 0.1) is 0 Å². The number of carbonyl (C=O) groups excluding carboxylic acids is 1. The highest BCUT2D eigenvalue weighted by Gasteiger charge is 2.23. The Labute approximate surface area is 123 Å². The van der Waals surface area contributed by atoms with E-state index in [-0.39, 0.29) is 23.6 Å². The Kier molecular flexibility index (Phi) is 5.39. The number of nitrogens with zero attached hydrogens (tertiary/aromatic N) is 1. The number of carbonyl (C=O) groups is 1. The summed E-state index contributed by atoms with van der Waals surface area (Å²) in [6, 6.07) is 5.92. The summed E-state index contributed by atoms with van der Waals surface area (Å²) in [6.07, 6.45) is 4.24. The van der Waals surface area contributed by atoms with Crippen molar-refractivity contribution in [1.29, 1.82) is 0 Å². The van der Waals surface area contributed by atoms with Crippen LogP contribution in [0.5, 0.6) is 5.75 Å². The zero-order valence-corrected chi connectivity index (χ0v) is 12.7. The molecule has 1 aliphatic heterocycles. The zero-order valence-electron chi connectivity index (χ0n) is 11.8. The normalized spacial score (nSPS) is 16.4. The van der Waals surface area contributed by atoms with Gasteiger partial charge in [-0.1, -0.05) is 25.0 Å². The minimum atomic E-state index is -4.40. The third-order valence-electron chi connectivity index (χ3n) is 3.49. The van der Waals surface area contributed by atoms with Gasteiger partial charge in [-0.3, -0.25) is 9.36 Å². The molecule has 1 amide bonds. The SMILES string of the molecule is O=C(COc1ccccc1P(=O)(O)O)N1CCCCCC1. The van der Waals surface area contributed by atoms with Crippen LogP contribution in [0.2, 0.25) is 0 Å². The van der Waals surface area contributed by atoms with Crippen molar-refractivity contribution in [2.24, 2.45) is 0 Å². The van der Waals surface area contributed by atoms with Crippen LogP contribution in [-0.4, -0.2) is 40.3 Å². The average molecular weight is 313 g/mol. The van der Waals surface area contributed by atoms with E-state index in [1.807, 2.05) is 0 Å². The highest BCUT2D eigenvalue weighted by molar-refractivity contribution is 7.60. The van der Waals surface area contributed by atoms with Gasteiger partial charge in [-0.05, 0) is 25.0 Å². The van der Waals surface area contributed by atoms with Crippen LogP contribution in [-0.2, 0) is 9.36 Å². The van der Waals surface area contributed by atoms with Crippen molar-refractivity contribution < 1.29 is 23.9 Å². The molecule has 116 valence electrons. The summed E-state index contributed by atoms with van der Waals surface area (Å²) in [6.45, 7) is 1.25. The summed E-state index contributed by atoms with van der Waals surface area (Å²) in [4.78, 5) is 32.4. The molecule has 2 N–H and O–H groups in total. The quantitative estimate of drug-likeness (QED) is 0.818. The highest BCUT2D eigenvalue weighted by atomic mass is 31.2. The molecule has 6 nitrogen and oxygen atoms in total. The number of benzene rings is 1. The topological polar surface area (TPSA) is 87.1 Å². The molecule has 1 heterocycles. The monoisotopic (exact) mass is 313 g/mol. The average Bonchev–Trinajstić information content (AvgIpc) is 2.73. The van der Waals surface area contributed by atoms with E-state index in [0.29, 0.717) is 0 Å². The summed E-state index contributed by atoms with van der Waals surface area (Å²) < 4.78 is 16.7. The van der Waals surface area contributed by atoms with Crippen LogP contribution < -0.4 is 10.0 Å². The lowest BCUT2D eigenvalue weighted by atomic mass is 10.2. The third kappa shape index (κ3) is 4.56. The van der Waals surface area contributed by atoms with E-state index in [1.54, 1.807) is 11.0 Å². The lowest BCUT2D eigenvalue weighted by Crippen LogP contribution is -2.36. The second-order valence-corrected chi connectivity index (χ2v) is 6.67. The number of amides is 1. The maximum Gasteiger partial charge on any atom is 0.359 e. The Balaban J connectivity index is 1.99. The van der Waals surface area contributed by atoms with E-state index < -0.39 is 7.60 Å². The first-order valence-corrected chi connectivity index (χ1v) is 8.65. The van der Waals surface area contributed by atoms with Crippen LogP contribution in [0.25, 0.3) is 0 Å². The molecule has 0 aliphatic carbocycles. The summed E-state index contributed by atoms with van der Waals surface area (Å²) in [7, 11) is -4.40. The molecule has 1 saturated heterocycles. The molecule has 0 spiro atoms. The van der Waals surface area contributed by atoms with Crippen molar-refractivity contribution in [3.8, 4) is 5.75 Å². The maximum absolute atomic E-state index is 12.1. The maximum atomic E-state index is 12.1. The van der Waals surface area contributed by atoms with Crippen LogP contribution in [0.4, 0.5) is 0 Å². The molecule has 0 aromatic heterocycles. The third-order valence-corrected chi connectivity index (χ3v) is 4.49. The van der Waals surface area contributed by atoms with E-state index in [9.17, 15) is 19.1 Å². The molecule has 0 unspecified atom stereocenters. The molecular weight excluding hydrogens is 293 g/mol. The predicted molar refractivity (Wildman–Crippen MR) is 78.7 cm³/mol. The van der Waals surface area contributed by atoms with E-state index >= 15 is 0 Å². The van der Waals surface area contributed by atoms with Crippen molar-refractivity contribution in [2.45, 2.75) is 25.7 Å². The Morgan fingerprint density at radius 2 is 1.76 bits per heavy atom. The first-order chi connectivity index (χ1) is 9.98. The van der Waals surface area contributed by atoms with Gasteiger partial charge < -0.3 is 19.4 Å². The van der Waals surface area contributed by atoms with Gasteiger partial charge in [0.25, 0.3) is 5.91 Å². The summed E-state index contributed by atoms with van der Waals surface area (Å²) in [5, 5.41) is -0.186. The molecule has 0 bridgehead atoms. The van der Waals surface area contributed by atoms with Crippen molar-refractivity contribution >= 4 is 18.8 Å². The smallest absolute Gasteiger partial charge is 0.359 e. The summed E-state index contributed by atoms with van der Waals surface area (Å²) in [5.41, 5.74) is 0. The van der Waals surface area contributed by atoms with Gasteiger partial charge in [0, 0.05) is 13.1 Å². The number of hydrogen-bond acceptors (Lipinski definition) is 3.